The lowest BCUT2D eigenvalue weighted by molar-refractivity contribution is 0.220. The number of anilines is 1. The molecule has 8 heteroatoms. The predicted octanol–water partition coefficient (Wildman–Crippen LogP) is 5.35. The van der Waals surface area contributed by atoms with Crippen molar-refractivity contribution in [3.63, 3.8) is 0 Å². The Morgan fingerprint density at radius 2 is 2.06 bits per heavy atom. The molecule has 0 aliphatic carbocycles. The standard InChI is InChI=1S/C23H24ClN3O3S/c1-15-4-5-16(12-18(15)24)23(21-25-9-11-31-21)8-10-27(14-23)22(28)26-19-13-17(29-2)6-7-20(19)30-3/h4-7,9,11-13H,8,10,14H2,1-3H3,(H,26,28)/t23-/m0/s1. The zero-order chi connectivity index (χ0) is 22.0. The topological polar surface area (TPSA) is 63.7 Å². The number of methoxy groups -OCH3 is 2. The number of ether oxygens (including phenoxy) is 2. The molecule has 6 nitrogen and oxygen atoms in total. The first-order valence-corrected chi connectivity index (χ1v) is 11.2. The van der Waals surface area contributed by atoms with Gasteiger partial charge in [0, 0.05) is 35.8 Å². The number of amides is 2. The minimum atomic E-state index is -0.388. The maximum absolute atomic E-state index is 13.2. The molecule has 2 aromatic carbocycles. The zero-order valence-electron chi connectivity index (χ0n) is 17.6. The van der Waals surface area contributed by atoms with E-state index in [1.165, 1.54) is 0 Å². The second-order valence-corrected chi connectivity index (χ2v) is 8.85. The molecule has 2 heterocycles. The summed E-state index contributed by atoms with van der Waals surface area (Å²) in [5, 5.41) is 6.65. The molecule has 0 bridgehead atoms. The molecule has 0 radical (unpaired) electrons. The van der Waals surface area contributed by atoms with E-state index in [0.717, 1.165) is 27.6 Å². The van der Waals surface area contributed by atoms with Gasteiger partial charge >= 0.3 is 6.03 Å². The number of rotatable bonds is 5. The van der Waals surface area contributed by atoms with Crippen LogP contribution in [0, 0.1) is 6.92 Å². The van der Waals surface area contributed by atoms with E-state index in [2.05, 4.69) is 16.4 Å². The smallest absolute Gasteiger partial charge is 0.321 e. The van der Waals surface area contributed by atoms with Crippen molar-refractivity contribution >= 4 is 34.7 Å². The molecule has 31 heavy (non-hydrogen) atoms. The molecule has 2 amide bonds. The number of thiazole rings is 1. The van der Waals surface area contributed by atoms with Gasteiger partial charge in [-0.3, -0.25) is 0 Å². The van der Waals surface area contributed by atoms with Gasteiger partial charge < -0.3 is 19.7 Å². The maximum Gasteiger partial charge on any atom is 0.321 e. The highest BCUT2D eigenvalue weighted by Crippen LogP contribution is 2.43. The Morgan fingerprint density at radius 1 is 1.23 bits per heavy atom. The van der Waals surface area contributed by atoms with Crippen molar-refractivity contribution in [2.45, 2.75) is 18.8 Å². The summed E-state index contributed by atoms with van der Waals surface area (Å²) in [6.07, 6.45) is 2.57. The quantitative estimate of drug-likeness (QED) is 0.561. The molecule has 1 fully saturated rings. The monoisotopic (exact) mass is 457 g/mol. The molecule has 1 aliphatic heterocycles. The second kappa shape index (κ2) is 8.77. The Balaban J connectivity index is 1.62. The van der Waals surface area contributed by atoms with Gasteiger partial charge in [0.1, 0.15) is 16.5 Å². The van der Waals surface area contributed by atoms with Crippen molar-refractivity contribution in [2.24, 2.45) is 0 Å². The molecule has 1 aromatic heterocycles. The number of aryl methyl sites for hydroxylation is 1. The fourth-order valence-corrected chi connectivity index (χ4v) is 5.04. The lowest BCUT2D eigenvalue weighted by atomic mass is 9.80. The van der Waals surface area contributed by atoms with E-state index in [9.17, 15) is 4.79 Å². The average Bonchev–Trinajstić information content (AvgIpc) is 3.46. The van der Waals surface area contributed by atoms with Crippen molar-refractivity contribution in [2.75, 3.05) is 32.6 Å². The van der Waals surface area contributed by atoms with Crippen LogP contribution in [0.5, 0.6) is 11.5 Å². The van der Waals surface area contributed by atoms with Crippen molar-refractivity contribution in [1.82, 2.24) is 9.88 Å². The summed E-state index contributed by atoms with van der Waals surface area (Å²) in [6.45, 7) is 3.10. The fourth-order valence-electron chi connectivity index (χ4n) is 3.97. The molecule has 0 unspecified atom stereocenters. The van der Waals surface area contributed by atoms with E-state index < -0.39 is 0 Å². The van der Waals surface area contributed by atoms with Gasteiger partial charge in [-0.05, 0) is 42.7 Å². The number of halogens is 1. The first-order valence-electron chi connectivity index (χ1n) is 9.91. The van der Waals surface area contributed by atoms with Gasteiger partial charge in [0.25, 0.3) is 0 Å². The van der Waals surface area contributed by atoms with Crippen LogP contribution in [0.3, 0.4) is 0 Å². The van der Waals surface area contributed by atoms with Gasteiger partial charge in [0.2, 0.25) is 0 Å². The number of hydrogen-bond donors (Lipinski definition) is 1. The van der Waals surface area contributed by atoms with E-state index >= 15 is 0 Å². The van der Waals surface area contributed by atoms with Gasteiger partial charge in [-0.25, -0.2) is 9.78 Å². The number of hydrogen-bond acceptors (Lipinski definition) is 5. The summed E-state index contributed by atoms with van der Waals surface area (Å²) < 4.78 is 10.7. The SMILES string of the molecule is COc1ccc(OC)c(NC(=O)N2CC[C@](c3ccc(C)c(Cl)c3)(c3nccs3)C2)c1. The molecule has 1 saturated heterocycles. The third-order valence-electron chi connectivity index (χ3n) is 5.77. The molecule has 1 N–H and O–H groups in total. The highest BCUT2D eigenvalue weighted by atomic mass is 35.5. The summed E-state index contributed by atoms with van der Waals surface area (Å²) in [7, 11) is 3.16. The van der Waals surface area contributed by atoms with Crippen LogP contribution in [0.15, 0.2) is 48.0 Å². The van der Waals surface area contributed by atoms with Gasteiger partial charge in [0.05, 0.1) is 25.3 Å². The van der Waals surface area contributed by atoms with E-state index in [-0.39, 0.29) is 11.4 Å². The number of aromatic nitrogens is 1. The molecule has 0 spiro atoms. The summed E-state index contributed by atoms with van der Waals surface area (Å²) in [6, 6.07) is 11.2. The predicted molar refractivity (Wildman–Crippen MR) is 124 cm³/mol. The number of nitrogens with zero attached hydrogens (tertiary/aromatic N) is 2. The lowest BCUT2D eigenvalue weighted by Crippen LogP contribution is -2.37. The minimum Gasteiger partial charge on any atom is -0.497 e. The molecular weight excluding hydrogens is 434 g/mol. The first-order chi connectivity index (χ1) is 15.0. The van der Waals surface area contributed by atoms with Crippen LogP contribution < -0.4 is 14.8 Å². The van der Waals surface area contributed by atoms with Crippen molar-refractivity contribution in [1.29, 1.82) is 0 Å². The summed E-state index contributed by atoms with van der Waals surface area (Å²) in [4.78, 5) is 19.6. The Bertz CT molecular complexity index is 1090. The Morgan fingerprint density at radius 3 is 2.74 bits per heavy atom. The van der Waals surface area contributed by atoms with Gasteiger partial charge in [-0.1, -0.05) is 23.7 Å². The number of carbonyl (C=O) groups excluding carboxylic acids is 1. The van der Waals surface area contributed by atoms with E-state index in [0.29, 0.717) is 30.3 Å². The number of nitrogens with one attached hydrogen (secondary N) is 1. The van der Waals surface area contributed by atoms with Crippen LogP contribution in [0.1, 0.15) is 22.6 Å². The summed E-state index contributed by atoms with van der Waals surface area (Å²) in [5.74, 6) is 1.22. The molecule has 162 valence electrons. The average molecular weight is 458 g/mol. The molecule has 1 aliphatic rings. The molecule has 0 saturated carbocycles. The molecule has 1 atom stereocenters. The number of likely N-dealkylation sites (tertiary alicyclic amines) is 1. The fraction of sp³-hybridized carbons (Fsp3) is 0.304. The van der Waals surface area contributed by atoms with Crippen molar-refractivity contribution < 1.29 is 14.3 Å². The Labute approximate surface area is 190 Å². The van der Waals surface area contributed by atoms with Crippen LogP contribution in [0.2, 0.25) is 5.02 Å². The van der Waals surface area contributed by atoms with Gasteiger partial charge in [-0.15, -0.1) is 11.3 Å². The third kappa shape index (κ3) is 4.07. The number of carbonyl (C=O) groups is 1. The van der Waals surface area contributed by atoms with E-state index in [1.807, 2.05) is 29.3 Å². The lowest BCUT2D eigenvalue weighted by Gasteiger charge is -2.28. The molecule has 4 rings (SSSR count). The van der Waals surface area contributed by atoms with Crippen LogP contribution in [-0.2, 0) is 5.41 Å². The normalized spacial score (nSPS) is 18.1. The molecular formula is C23H24ClN3O3S. The van der Waals surface area contributed by atoms with Crippen LogP contribution in [0.25, 0.3) is 0 Å². The van der Waals surface area contributed by atoms with Crippen molar-refractivity contribution in [3.8, 4) is 11.5 Å². The minimum absolute atomic E-state index is 0.191. The highest BCUT2D eigenvalue weighted by molar-refractivity contribution is 7.09. The summed E-state index contributed by atoms with van der Waals surface area (Å²) in [5.41, 5.74) is 2.28. The van der Waals surface area contributed by atoms with Crippen LogP contribution in [0.4, 0.5) is 10.5 Å². The largest absolute Gasteiger partial charge is 0.497 e. The Hall–Kier alpha value is -2.77. The maximum atomic E-state index is 13.2. The van der Waals surface area contributed by atoms with Crippen molar-refractivity contribution in [3.05, 3.63) is 69.1 Å². The third-order valence-corrected chi connectivity index (χ3v) is 7.16. The molecule has 3 aromatic rings. The van der Waals surface area contributed by atoms with E-state index in [1.54, 1.807) is 50.0 Å². The van der Waals surface area contributed by atoms with Gasteiger partial charge in [-0.2, -0.15) is 0 Å². The highest BCUT2D eigenvalue weighted by Gasteiger charge is 2.45. The van der Waals surface area contributed by atoms with Crippen LogP contribution in [-0.4, -0.2) is 43.2 Å². The summed E-state index contributed by atoms with van der Waals surface area (Å²) >= 11 is 8.05. The van der Waals surface area contributed by atoms with Crippen LogP contribution >= 0.6 is 22.9 Å². The van der Waals surface area contributed by atoms with E-state index in [4.69, 9.17) is 21.1 Å². The van der Waals surface area contributed by atoms with Gasteiger partial charge in [0.15, 0.2) is 0 Å². The number of urea groups is 1. The Kier molecular flexibility index (Phi) is 6.07. The second-order valence-electron chi connectivity index (χ2n) is 7.55. The zero-order valence-corrected chi connectivity index (χ0v) is 19.2. The first kappa shape index (κ1) is 21.5. The number of benzene rings is 2.